The first kappa shape index (κ1) is 11.6. The molecule has 1 aromatic heterocycles. The van der Waals surface area contributed by atoms with Crippen LogP contribution in [-0.4, -0.2) is 28.5 Å². The van der Waals surface area contributed by atoms with Crippen LogP contribution in [0.15, 0.2) is 12.4 Å². The first-order valence-electron chi connectivity index (χ1n) is 4.99. The van der Waals surface area contributed by atoms with Gasteiger partial charge >= 0.3 is 5.97 Å². The summed E-state index contributed by atoms with van der Waals surface area (Å²) < 4.78 is 11.9. The van der Waals surface area contributed by atoms with Crippen LogP contribution < -0.4 is 4.74 Å². The molecule has 15 heavy (non-hydrogen) atoms. The molecule has 0 aliphatic rings. The van der Waals surface area contributed by atoms with Crippen LogP contribution in [0, 0.1) is 0 Å². The first-order valence-corrected chi connectivity index (χ1v) is 4.99. The number of esters is 1. The molecular weight excluding hydrogens is 196 g/mol. The quantitative estimate of drug-likeness (QED) is 0.687. The standard InChI is InChI=1S/C10H16N2O3/c1-4-9(10(13)14-5-2)15-8-6-11-12(3)7-8/h6-7,9H,4-5H2,1-3H3. The molecule has 84 valence electrons. The number of carbonyl (C=O) groups is 1. The van der Waals surface area contributed by atoms with Gasteiger partial charge in [-0.25, -0.2) is 4.79 Å². The van der Waals surface area contributed by atoms with E-state index in [1.165, 1.54) is 0 Å². The number of nitrogens with zero attached hydrogens (tertiary/aromatic N) is 2. The van der Waals surface area contributed by atoms with Crippen LogP contribution in [0.1, 0.15) is 20.3 Å². The average molecular weight is 212 g/mol. The molecule has 0 N–H and O–H groups in total. The molecule has 1 heterocycles. The highest BCUT2D eigenvalue weighted by atomic mass is 16.6. The van der Waals surface area contributed by atoms with Crippen molar-refractivity contribution in [1.82, 2.24) is 9.78 Å². The Hall–Kier alpha value is -1.52. The largest absolute Gasteiger partial charge is 0.475 e. The van der Waals surface area contributed by atoms with E-state index in [0.29, 0.717) is 18.8 Å². The van der Waals surface area contributed by atoms with Gasteiger partial charge < -0.3 is 9.47 Å². The summed E-state index contributed by atoms with van der Waals surface area (Å²) in [6, 6.07) is 0. The van der Waals surface area contributed by atoms with E-state index in [2.05, 4.69) is 5.10 Å². The molecule has 0 aliphatic heterocycles. The minimum absolute atomic E-state index is 0.330. The van der Waals surface area contributed by atoms with Crippen molar-refractivity contribution in [2.24, 2.45) is 7.05 Å². The SMILES string of the molecule is CCOC(=O)C(CC)Oc1cnn(C)c1. The minimum atomic E-state index is -0.547. The molecule has 1 rings (SSSR count). The van der Waals surface area contributed by atoms with Crippen LogP contribution in [0.4, 0.5) is 0 Å². The third kappa shape index (κ3) is 3.27. The van der Waals surface area contributed by atoms with Crippen molar-refractivity contribution < 1.29 is 14.3 Å². The van der Waals surface area contributed by atoms with Gasteiger partial charge in [0, 0.05) is 7.05 Å². The van der Waals surface area contributed by atoms with Crippen molar-refractivity contribution in [2.45, 2.75) is 26.4 Å². The van der Waals surface area contributed by atoms with E-state index in [4.69, 9.17) is 9.47 Å². The number of rotatable bonds is 5. The van der Waals surface area contributed by atoms with E-state index in [0.717, 1.165) is 0 Å². The zero-order valence-corrected chi connectivity index (χ0v) is 9.27. The highest BCUT2D eigenvalue weighted by Crippen LogP contribution is 2.12. The smallest absolute Gasteiger partial charge is 0.347 e. The van der Waals surface area contributed by atoms with E-state index in [-0.39, 0.29) is 5.97 Å². The Morgan fingerprint density at radius 1 is 1.60 bits per heavy atom. The van der Waals surface area contributed by atoms with Gasteiger partial charge in [0.15, 0.2) is 11.9 Å². The average Bonchev–Trinajstić information content (AvgIpc) is 2.61. The second kappa shape index (κ2) is 5.38. The van der Waals surface area contributed by atoms with Crippen molar-refractivity contribution in [3.05, 3.63) is 12.4 Å². The summed E-state index contributed by atoms with van der Waals surface area (Å²) in [4.78, 5) is 11.4. The molecule has 0 aromatic carbocycles. The molecule has 0 bridgehead atoms. The molecule has 0 amide bonds. The van der Waals surface area contributed by atoms with E-state index in [1.54, 1.807) is 31.0 Å². The van der Waals surface area contributed by atoms with Crippen LogP contribution in [0.2, 0.25) is 0 Å². The Labute approximate surface area is 89.0 Å². The minimum Gasteiger partial charge on any atom is -0.475 e. The first-order chi connectivity index (χ1) is 7.17. The topological polar surface area (TPSA) is 53.4 Å². The van der Waals surface area contributed by atoms with Crippen molar-refractivity contribution in [1.29, 1.82) is 0 Å². The molecular formula is C10H16N2O3. The van der Waals surface area contributed by atoms with Crippen molar-refractivity contribution in [3.8, 4) is 5.75 Å². The number of hydrogen-bond donors (Lipinski definition) is 0. The molecule has 1 unspecified atom stereocenters. The van der Waals surface area contributed by atoms with Gasteiger partial charge in [-0.05, 0) is 13.3 Å². The maximum absolute atomic E-state index is 11.4. The lowest BCUT2D eigenvalue weighted by molar-refractivity contribution is -0.151. The summed E-state index contributed by atoms with van der Waals surface area (Å²) in [6.45, 7) is 4.01. The zero-order valence-electron chi connectivity index (χ0n) is 9.27. The molecule has 0 aliphatic carbocycles. The van der Waals surface area contributed by atoms with Crippen molar-refractivity contribution in [3.63, 3.8) is 0 Å². The fourth-order valence-electron chi connectivity index (χ4n) is 1.16. The fourth-order valence-corrected chi connectivity index (χ4v) is 1.16. The summed E-state index contributed by atoms with van der Waals surface area (Å²) >= 11 is 0. The number of ether oxygens (including phenoxy) is 2. The Bertz CT molecular complexity index is 322. The van der Waals surface area contributed by atoms with Gasteiger partial charge in [0.05, 0.1) is 19.0 Å². The summed E-state index contributed by atoms with van der Waals surface area (Å²) in [5.41, 5.74) is 0. The molecule has 0 saturated heterocycles. The normalized spacial score (nSPS) is 12.2. The van der Waals surface area contributed by atoms with E-state index >= 15 is 0 Å². The summed E-state index contributed by atoms with van der Waals surface area (Å²) in [7, 11) is 1.79. The van der Waals surface area contributed by atoms with Crippen LogP contribution >= 0.6 is 0 Å². The number of aryl methyl sites for hydroxylation is 1. The molecule has 5 heteroatoms. The van der Waals surface area contributed by atoms with Gasteiger partial charge in [-0.1, -0.05) is 6.92 Å². The van der Waals surface area contributed by atoms with E-state index in [1.807, 2.05) is 6.92 Å². The second-order valence-electron chi connectivity index (χ2n) is 3.12. The Kier molecular flexibility index (Phi) is 4.15. The number of aromatic nitrogens is 2. The molecule has 0 spiro atoms. The van der Waals surface area contributed by atoms with Crippen molar-refractivity contribution >= 4 is 5.97 Å². The van der Waals surface area contributed by atoms with Gasteiger partial charge in [0.2, 0.25) is 0 Å². The Morgan fingerprint density at radius 2 is 2.33 bits per heavy atom. The number of hydrogen-bond acceptors (Lipinski definition) is 4. The molecule has 0 saturated carbocycles. The Morgan fingerprint density at radius 3 is 2.80 bits per heavy atom. The van der Waals surface area contributed by atoms with Gasteiger partial charge in [-0.2, -0.15) is 5.10 Å². The van der Waals surface area contributed by atoms with Crippen LogP contribution in [0.5, 0.6) is 5.75 Å². The Balaban J connectivity index is 2.57. The summed E-state index contributed by atoms with van der Waals surface area (Å²) in [5.74, 6) is 0.251. The van der Waals surface area contributed by atoms with Crippen molar-refractivity contribution in [2.75, 3.05) is 6.61 Å². The summed E-state index contributed by atoms with van der Waals surface area (Å²) in [6.07, 6.45) is 3.31. The van der Waals surface area contributed by atoms with E-state index < -0.39 is 6.10 Å². The third-order valence-electron chi connectivity index (χ3n) is 1.88. The molecule has 0 fully saturated rings. The summed E-state index contributed by atoms with van der Waals surface area (Å²) in [5, 5.41) is 3.95. The van der Waals surface area contributed by atoms with Gasteiger partial charge in [0.1, 0.15) is 0 Å². The highest BCUT2D eigenvalue weighted by Gasteiger charge is 2.19. The maximum Gasteiger partial charge on any atom is 0.347 e. The van der Waals surface area contributed by atoms with Gasteiger partial charge in [-0.15, -0.1) is 0 Å². The predicted molar refractivity (Wildman–Crippen MR) is 54.5 cm³/mol. The lowest BCUT2D eigenvalue weighted by Crippen LogP contribution is -2.28. The van der Waals surface area contributed by atoms with E-state index in [9.17, 15) is 4.79 Å². The number of carbonyl (C=O) groups excluding carboxylic acids is 1. The molecule has 5 nitrogen and oxygen atoms in total. The lowest BCUT2D eigenvalue weighted by Gasteiger charge is -2.14. The van der Waals surface area contributed by atoms with Crippen LogP contribution in [0.25, 0.3) is 0 Å². The second-order valence-corrected chi connectivity index (χ2v) is 3.12. The molecule has 0 radical (unpaired) electrons. The highest BCUT2D eigenvalue weighted by molar-refractivity contribution is 5.75. The predicted octanol–water partition coefficient (Wildman–Crippen LogP) is 1.14. The van der Waals surface area contributed by atoms with Gasteiger partial charge in [0.25, 0.3) is 0 Å². The molecule has 1 atom stereocenters. The lowest BCUT2D eigenvalue weighted by atomic mass is 10.3. The maximum atomic E-state index is 11.4. The fraction of sp³-hybridized carbons (Fsp3) is 0.600. The molecule has 1 aromatic rings. The van der Waals surface area contributed by atoms with Gasteiger partial charge in [-0.3, -0.25) is 4.68 Å². The zero-order chi connectivity index (χ0) is 11.3. The van der Waals surface area contributed by atoms with Crippen LogP contribution in [0.3, 0.4) is 0 Å². The van der Waals surface area contributed by atoms with Crippen LogP contribution in [-0.2, 0) is 16.6 Å². The third-order valence-corrected chi connectivity index (χ3v) is 1.88. The monoisotopic (exact) mass is 212 g/mol.